The van der Waals surface area contributed by atoms with E-state index in [9.17, 15) is 0 Å². The summed E-state index contributed by atoms with van der Waals surface area (Å²) in [5.74, 6) is 0.871. The standard InChI is InChI=1S/C15H21N3O/c1-3-5-10-18-11-14(16)15(17-18)12-6-8-13(9-7-12)19-4-2/h6-9,11H,3-5,10,16H2,1-2H3. The van der Waals surface area contributed by atoms with E-state index < -0.39 is 0 Å². The van der Waals surface area contributed by atoms with Crippen molar-refractivity contribution in [3.63, 3.8) is 0 Å². The van der Waals surface area contributed by atoms with Crippen molar-refractivity contribution in [1.29, 1.82) is 0 Å². The van der Waals surface area contributed by atoms with Gasteiger partial charge in [0.1, 0.15) is 11.4 Å². The van der Waals surface area contributed by atoms with Crippen LogP contribution in [0.15, 0.2) is 30.5 Å². The topological polar surface area (TPSA) is 53.1 Å². The Morgan fingerprint density at radius 1 is 1.21 bits per heavy atom. The normalized spacial score (nSPS) is 10.6. The Morgan fingerprint density at radius 3 is 2.58 bits per heavy atom. The fourth-order valence-corrected chi connectivity index (χ4v) is 1.97. The van der Waals surface area contributed by atoms with E-state index in [-0.39, 0.29) is 0 Å². The Morgan fingerprint density at radius 2 is 1.95 bits per heavy atom. The Hall–Kier alpha value is -1.97. The highest BCUT2D eigenvalue weighted by Crippen LogP contribution is 2.26. The van der Waals surface area contributed by atoms with Gasteiger partial charge in [-0.15, -0.1) is 0 Å². The van der Waals surface area contributed by atoms with Gasteiger partial charge in [-0.1, -0.05) is 13.3 Å². The lowest BCUT2D eigenvalue weighted by Crippen LogP contribution is -1.98. The molecule has 19 heavy (non-hydrogen) atoms. The SMILES string of the molecule is CCCCn1cc(N)c(-c2ccc(OCC)cc2)n1. The van der Waals surface area contributed by atoms with Gasteiger partial charge >= 0.3 is 0 Å². The lowest BCUT2D eigenvalue weighted by Gasteiger charge is -2.04. The number of anilines is 1. The first-order chi connectivity index (χ1) is 9.24. The van der Waals surface area contributed by atoms with Gasteiger partial charge < -0.3 is 10.5 Å². The van der Waals surface area contributed by atoms with E-state index in [1.54, 1.807) is 0 Å². The van der Waals surface area contributed by atoms with Crippen LogP contribution in [0.4, 0.5) is 5.69 Å². The minimum Gasteiger partial charge on any atom is -0.494 e. The summed E-state index contributed by atoms with van der Waals surface area (Å²) in [6, 6.07) is 7.88. The number of hydrogen-bond donors (Lipinski definition) is 1. The average Bonchev–Trinajstić information content (AvgIpc) is 2.79. The molecule has 102 valence electrons. The predicted octanol–water partition coefficient (Wildman–Crippen LogP) is 3.33. The summed E-state index contributed by atoms with van der Waals surface area (Å²) in [7, 11) is 0. The third kappa shape index (κ3) is 3.28. The van der Waals surface area contributed by atoms with E-state index in [0.717, 1.165) is 42.1 Å². The number of nitrogens with two attached hydrogens (primary N) is 1. The summed E-state index contributed by atoms with van der Waals surface area (Å²) in [5.41, 5.74) is 8.62. The third-order valence-electron chi connectivity index (χ3n) is 2.97. The first-order valence-electron chi connectivity index (χ1n) is 6.80. The largest absolute Gasteiger partial charge is 0.494 e. The molecule has 0 saturated carbocycles. The summed E-state index contributed by atoms with van der Waals surface area (Å²) in [5, 5.41) is 4.54. The minimum absolute atomic E-state index is 0.674. The van der Waals surface area contributed by atoms with Gasteiger partial charge in [0.25, 0.3) is 0 Å². The molecule has 0 radical (unpaired) electrons. The number of rotatable bonds is 6. The number of nitrogens with zero attached hydrogens (tertiary/aromatic N) is 2. The minimum atomic E-state index is 0.674. The number of benzene rings is 1. The van der Waals surface area contributed by atoms with Crippen molar-refractivity contribution in [2.75, 3.05) is 12.3 Å². The molecule has 0 saturated heterocycles. The van der Waals surface area contributed by atoms with Crippen LogP contribution in [0.25, 0.3) is 11.3 Å². The first kappa shape index (κ1) is 13.5. The van der Waals surface area contributed by atoms with Gasteiger partial charge in [-0.3, -0.25) is 4.68 Å². The fourth-order valence-electron chi connectivity index (χ4n) is 1.97. The van der Waals surface area contributed by atoms with E-state index in [4.69, 9.17) is 10.5 Å². The summed E-state index contributed by atoms with van der Waals surface area (Å²) >= 11 is 0. The molecular weight excluding hydrogens is 238 g/mol. The van der Waals surface area contributed by atoms with Crippen LogP contribution in [0.2, 0.25) is 0 Å². The molecule has 2 aromatic rings. The van der Waals surface area contributed by atoms with Crippen molar-refractivity contribution < 1.29 is 4.74 Å². The van der Waals surface area contributed by atoms with Crippen LogP contribution in [0, 0.1) is 0 Å². The van der Waals surface area contributed by atoms with Crippen molar-refractivity contribution in [3.05, 3.63) is 30.5 Å². The van der Waals surface area contributed by atoms with Gasteiger partial charge in [-0.05, 0) is 37.6 Å². The zero-order valence-electron chi connectivity index (χ0n) is 11.6. The molecule has 2 N–H and O–H groups in total. The van der Waals surface area contributed by atoms with Crippen molar-refractivity contribution in [2.45, 2.75) is 33.2 Å². The van der Waals surface area contributed by atoms with Crippen LogP contribution in [0.3, 0.4) is 0 Å². The van der Waals surface area contributed by atoms with E-state index in [1.807, 2.05) is 42.1 Å². The molecule has 0 aliphatic carbocycles. The molecular formula is C15H21N3O. The molecule has 0 aliphatic heterocycles. The highest BCUT2D eigenvalue weighted by atomic mass is 16.5. The van der Waals surface area contributed by atoms with Crippen molar-refractivity contribution in [3.8, 4) is 17.0 Å². The molecule has 1 aromatic heterocycles. The van der Waals surface area contributed by atoms with Crippen LogP contribution in [-0.2, 0) is 6.54 Å². The maximum atomic E-state index is 6.03. The Labute approximate surface area is 114 Å². The Bertz CT molecular complexity index is 517. The van der Waals surface area contributed by atoms with E-state index >= 15 is 0 Å². The average molecular weight is 259 g/mol. The summed E-state index contributed by atoms with van der Waals surface area (Å²) in [6.45, 7) is 5.73. The fraction of sp³-hybridized carbons (Fsp3) is 0.400. The highest BCUT2D eigenvalue weighted by Gasteiger charge is 2.08. The maximum absolute atomic E-state index is 6.03. The molecule has 0 atom stereocenters. The monoisotopic (exact) mass is 259 g/mol. The second-order valence-electron chi connectivity index (χ2n) is 4.51. The number of unbranched alkanes of at least 4 members (excludes halogenated alkanes) is 1. The molecule has 2 rings (SSSR count). The number of aryl methyl sites for hydroxylation is 1. The molecule has 0 bridgehead atoms. The van der Waals surface area contributed by atoms with Crippen molar-refractivity contribution >= 4 is 5.69 Å². The second kappa shape index (κ2) is 6.27. The smallest absolute Gasteiger partial charge is 0.119 e. The van der Waals surface area contributed by atoms with Gasteiger partial charge in [-0.25, -0.2) is 0 Å². The van der Waals surface area contributed by atoms with Gasteiger partial charge in [0.2, 0.25) is 0 Å². The lowest BCUT2D eigenvalue weighted by molar-refractivity contribution is 0.340. The molecule has 0 unspecified atom stereocenters. The zero-order chi connectivity index (χ0) is 13.7. The molecule has 4 heteroatoms. The molecule has 0 fully saturated rings. The van der Waals surface area contributed by atoms with Crippen LogP contribution in [0.5, 0.6) is 5.75 Å². The second-order valence-corrected chi connectivity index (χ2v) is 4.51. The van der Waals surface area contributed by atoms with Crippen LogP contribution in [0.1, 0.15) is 26.7 Å². The van der Waals surface area contributed by atoms with Gasteiger partial charge in [0.05, 0.1) is 12.3 Å². The number of hydrogen-bond acceptors (Lipinski definition) is 3. The summed E-state index contributed by atoms with van der Waals surface area (Å²) in [4.78, 5) is 0. The van der Waals surface area contributed by atoms with Gasteiger partial charge in [0.15, 0.2) is 0 Å². The molecule has 4 nitrogen and oxygen atoms in total. The molecule has 0 aliphatic rings. The molecule has 0 spiro atoms. The predicted molar refractivity (Wildman–Crippen MR) is 78.2 cm³/mol. The van der Waals surface area contributed by atoms with Crippen molar-refractivity contribution in [1.82, 2.24) is 9.78 Å². The summed E-state index contributed by atoms with van der Waals surface area (Å²) in [6.07, 6.45) is 4.17. The van der Waals surface area contributed by atoms with E-state index in [0.29, 0.717) is 6.61 Å². The van der Waals surface area contributed by atoms with Crippen LogP contribution in [-0.4, -0.2) is 16.4 Å². The zero-order valence-corrected chi connectivity index (χ0v) is 11.6. The Balaban J connectivity index is 2.18. The molecule has 0 amide bonds. The Kier molecular flexibility index (Phi) is 4.44. The van der Waals surface area contributed by atoms with Gasteiger partial charge in [-0.2, -0.15) is 5.10 Å². The first-order valence-corrected chi connectivity index (χ1v) is 6.80. The van der Waals surface area contributed by atoms with Crippen molar-refractivity contribution in [2.24, 2.45) is 0 Å². The third-order valence-corrected chi connectivity index (χ3v) is 2.97. The van der Waals surface area contributed by atoms with E-state index in [2.05, 4.69) is 12.0 Å². The summed E-state index contributed by atoms with van der Waals surface area (Å²) < 4.78 is 7.35. The number of nitrogen functional groups attached to an aromatic ring is 1. The number of ether oxygens (including phenoxy) is 1. The number of aromatic nitrogens is 2. The molecule has 1 heterocycles. The van der Waals surface area contributed by atoms with Gasteiger partial charge in [0, 0.05) is 18.3 Å². The quantitative estimate of drug-likeness (QED) is 0.865. The highest BCUT2D eigenvalue weighted by molar-refractivity contribution is 5.72. The molecule has 1 aromatic carbocycles. The van der Waals surface area contributed by atoms with Crippen LogP contribution >= 0.6 is 0 Å². The van der Waals surface area contributed by atoms with E-state index in [1.165, 1.54) is 0 Å². The maximum Gasteiger partial charge on any atom is 0.119 e. The van der Waals surface area contributed by atoms with Crippen LogP contribution < -0.4 is 10.5 Å². The lowest BCUT2D eigenvalue weighted by atomic mass is 10.1.